The molecule has 0 aromatic carbocycles. The monoisotopic (exact) mass is 338 g/mol. The molecule has 0 aromatic heterocycles. The maximum absolute atomic E-state index is 4.08. The molecule has 0 aliphatic carbocycles. The molecule has 22 heavy (non-hydrogen) atoms. The summed E-state index contributed by atoms with van der Waals surface area (Å²) in [5.41, 5.74) is 8.16. The summed E-state index contributed by atoms with van der Waals surface area (Å²) in [7, 11) is -2.64. The van der Waals surface area contributed by atoms with Gasteiger partial charge in [0.2, 0.25) is 0 Å². The van der Waals surface area contributed by atoms with E-state index in [1.165, 1.54) is 74.8 Å². The standard InChI is InChI=1S/C20H42Si2/c1-7-13-21(14-8-2,15-9-3)19-20-22(16-10-4,17-11-5)18-12-6/h7-18H2,1-6H3. The summed E-state index contributed by atoms with van der Waals surface area (Å²) in [5.74, 6) is 0. The second-order valence-corrected chi connectivity index (χ2v) is 15.9. The minimum absolute atomic E-state index is 1.32. The van der Waals surface area contributed by atoms with Crippen molar-refractivity contribution in [1.29, 1.82) is 0 Å². The molecule has 0 atom stereocenters. The fourth-order valence-corrected chi connectivity index (χ4v) is 14.4. The fourth-order valence-electron chi connectivity index (χ4n) is 4.26. The van der Waals surface area contributed by atoms with Crippen molar-refractivity contribution in [2.45, 2.75) is 116 Å². The van der Waals surface area contributed by atoms with E-state index in [4.69, 9.17) is 0 Å². The van der Waals surface area contributed by atoms with E-state index >= 15 is 0 Å². The van der Waals surface area contributed by atoms with Crippen LogP contribution in [0.25, 0.3) is 0 Å². The van der Waals surface area contributed by atoms with Crippen LogP contribution in [0.2, 0.25) is 36.3 Å². The van der Waals surface area contributed by atoms with Crippen molar-refractivity contribution in [1.82, 2.24) is 0 Å². The van der Waals surface area contributed by atoms with Gasteiger partial charge in [-0.25, -0.2) is 0 Å². The summed E-state index contributed by atoms with van der Waals surface area (Å²) >= 11 is 0. The van der Waals surface area contributed by atoms with Crippen LogP contribution >= 0.6 is 0 Å². The van der Waals surface area contributed by atoms with E-state index in [0.717, 1.165) is 0 Å². The van der Waals surface area contributed by atoms with E-state index in [0.29, 0.717) is 0 Å². The molecule has 0 aliphatic heterocycles. The molecule has 2 heteroatoms. The largest absolute Gasteiger partial charge is 0.138 e. The van der Waals surface area contributed by atoms with Crippen LogP contribution in [0.4, 0.5) is 0 Å². The molecule has 0 aromatic rings. The maximum Gasteiger partial charge on any atom is 0.137 e. The lowest BCUT2D eigenvalue weighted by atomic mass is 10.5. The van der Waals surface area contributed by atoms with Crippen LogP contribution in [0, 0.1) is 11.1 Å². The highest BCUT2D eigenvalue weighted by Gasteiger charge is 2.32. The molecule has 0 saturated heterocycles. The second kappa shape index (κ2) is 12.4. The molecule has 0 rings (SSSR count). The van der Waals surface area contributed by atoms with Crippen LogP contribution in [0.15, 0.2) is 0 Å². The molecule has 0 amide bonds. The Bertz CT molecular complexity index is 260. The van der Waals surface area contributed by atoms with Gasteiger partial charge in [0.1, 0.15) is 16.1 Å². The summed E-state index contributed by atoms with van der Waals surface area (Å²) in [4.78, 5) is 0. The molecular formula is C20H42Si2. The summed E-state index contributed by atoms with van der Waals surface area (Å²) in [6.45, 7) is 14.2. The van der Waals surface area contributed by atoms with Crippen molar-refractivity contribution >= 4 is 16.1 Å². The molecule has 0 N–H and O–H groups in total. The summed E-state index contributed by atoms with van der Waals surface area (Å²) < 4.78 is 0. The van der Waals surface area contributed by atoms with Crippen molar-refractivity contribution < 1.29 is 0 Å². The summed E-state index contributed by atoms with van der Waals surface area (Å²) in [6, 6.07) is 8.65. The van der Waals surface area contributed by atoms with Crippen LogP contribution in [-0.4, -0.2) is 16.1 Å². The van der Waals surface area contributed by atoms with Crippen LogP contribution in [0.1, 0.15) is 80.1 Å². The molecule has 0 radical (unpaired) electrons. The Kier molecular flexibility index (Phi) is 12.4. The first kappa shape index (κ1) is 22.0. The predicted molar refractivity (Wildman–Crippen MR) is 110 cm³/mol. The average molecular weight is 339 g/mol. The first-order valence-electron chi connectivity index (χ1n) is 10.1. The highest BCUT2D eigenvalue weighted by molar-refractivity contribution is 6.92. The molecule has 0 bridgehead atoms. The van der Waals surface area contributed by atoms with E-state index in [2.05, 4.69) is 52.6 Å². The molecule has 130 valence electrons. The van der Waals surface area contributed by atoms with Crippen molar-refractivity contribution in [2.75, 3.05) is 0 Å². The lowest BCUT2D eigenvalue weighted by molar-refractivity contribution is 0.936. The Balaban J connectivity index is 5.52. The average Bonchev–Trinajstić information content (AvgIpc) is 2.47. The summed E-state index contributed by atoms with van der Waals surface area (Å²) in [6.07, 6.45) is 8.03. The van der Waals surface area contributed by atoms with Gasteiger partial charge in [-0.2, -0.15) is 0 Å². The zero-order valence-electron chi connectivity index (χ0n) is 16.5. The Morgan fingerprint density at radius 3 is 0.727 bits per heavy atom. The lowest BCUT2D eigenvalue weighted by Crippen LogP contribution is -2.36. The SMILES string of the molecule is CCC[Si](C#C[Si](CCC)(CCC)CCC)(CCC)CCC. The molecular weight excluding hydrogens is 296 g/mol. The molecule has 0 heterocycles. The van der Waals surface area contributed by atoms with Crippen LogP contribution < -0.4 is 0 Å². The van der Waals surface area contributed by atoms with Gasteiger partial charge in [-0.3, -0.25) is 0 Å². The molecule has 0 aliphatic rings. The van der Waals surface area contributed by atoms with E-state index in [-0.39, 0.29) is 0 Å². The van der Waals surface area contributed by atoms with Gasteiger partial charge in [-0.1, -0.05) is 80.1 Å². The van der Waals surface area contributed by atoms with Crippen LogP contribution in [0.3, 0.4) is 0 Å². The van der Waals surface area contributed by atoms with Crippen molar-refractivity contribution in [3.63, 3.8) is 0 Å². The van der Waals surface area contributed by atoms with E-state index in [1.54, 1.807) is 0 Å². The Morgan fingerprint density at radius 1 is 0.409 bits per heavy atom. The third kappa shape index (κ3) is 7.51. The normalized spacial score (nSPS) is 12.1. The van der Waals surface area contributed by atoms with Crippen LogP contribution in [-0.2, 0) is 0 Å². The zero-order chi connectivity index (χ0) is 16.9. The van der Waals surface area contributed by atoms with Crippen LogP contribution in [0.5, 0.6) is 0 Å². The third-order valence-electron chi connectivity index (χ3n) is 4.96. The van der Waals surface area contributed by atoms with Gasteiger partial charge in [0.25, 0.3) is 0 Å². The number of rotatable bonds is 12. The minimum Gasteiger partial charge on any atom is -0.138 e. The number of hydrogen-bond donors (Lipinski definition) is 0. The number of hydrogen-bond acceptors (Lipinski definition) is 0. The van der Waals surface area contributed by atoms with Crippen molar-refractivity contribution in [3.05, 3.63) is 0 Å². The summed E-state index contributed by atoms with van der Waals surface area (Å²) in [5, 5.41) is 0. The smallest absolute Gasteiger partial charge is 0.137 e. The first-order valence-corrected chi connectivity index (χ1v) is 15.4. The van der Waals surface area contributed by atoms with Gasteiger partial charge in [-0.05, 0) is 36.3 Å². The predicted octanol–water partition coefficient (Wildman–Crippen LogP) is 7.43. The quantitative estimate of drug-likeness (QED) is 0.256. The zero-order valence-corrected chi connectivity index (χ0v) is 18.5. The van der Waals surface area contributed by atoms with Gasteiger partial charge >= 0.3 is 0 Å². The molecule has 0 fully saturated rings. The Labute approximate surface area is 143 Å². The minimum atomic E-state index is -1.32. The lowest BCUT2D eigenvalue weighted by Gasteiger charge is -2.29. The van der Waals surface area contributed by atoms with E-state index in [9.17, 15) is 0 Å². The Morgan fingerprint density at radius 2 is 0.591 bits per heavy atom. The van der Waals surface area contributed by atoms with Crippen molar-refractivity contribution in [2.24, 2.45) is 0 Å². The Hall–Kier alpha value is -0.00623. The highest BCUT2D eigenvalue weighted by Crippen LogP contribution is 2.29. The van der Waals surface area contributed by atoms with E-state index < -0.39 is 16.1 Å². The third-order valence-corrected chi connectivity index (χ3v) is 15.3. The highest BCUT2D eigenvalue weighted by atomic mass is 28.3. The molecule has 0 spiro atoms. The van der Waals surface area contributed by atoms with E-state index in [1.807, 2.05) is 0 Å². The molecule has 0 nitrogen and oxygen atoms in total. The van der Waals surface area contributed by atoms with Gasteiger partial charge in [-0.15, -0.1) is 11.1 Å². The topological polar surface area (TPSA) is 0 Å². The molecule has 0 unspecified atom stereocenters. The fraction of sp³-hybridized carbons (Fsp3) is 0.900. The van der Waals surface area contributed by atoms with Gasteiger partial charge in [0.15, 0.2) is 0 Å². The second-order valence-electron chi connectivity index (χ2n) is 7.31. The molecule has 0 saturated carbocycles. The first-order chi connectivity index (χ1) is 10.6. The van der Waals surface area contributed by atoms with Gasteiger partial charge < -0.3 is 0 Å². The van der Waals surface area contributed by atoms with Gasteiger partial charge in [0, 0.05) is 0 Å². The van der Waals surface area contributed by atoms with Crippen molar-refractivity contribution in [3.8, 4) is 11.1 Å². The van der Waals surface area contributed by atoms with Gasteiger partial charge in [0.05, 0.1) is 0 Å². The maximum atomic E-state index is 4.08.